The van der Waals surface area contributed by atoms with Gasteiger partial charge in [0.15, 0.2) is 6.61 Å². The lowest BCUT2D eigenvalue weighted by Crippen LogP contribution is -2.34. The maximum atomic E-state index is 12.5. The second-order valence-corrected chi connectivity index (χ2v) is 10.3. The number of carbonyl (C=O) groups is 3. The molecule has 0 aliphatic rings. The molecule has 0 saturated carbocycles. The van der Waals surface area contributed by atoms with Gasteiger partial charge < -0.3 is 14.6 Å². The Labute approximate surface area is 186 Å². The Bertz CT molecular complexity index is 1230. The normalized spacial score (nSPS) is 11.5. The van der Waals surface area contributed by atoms with E-state index in [1.165, 1.54) is 22.2 Å². The van der Waals surface area contributed by atoms with E-state index in [-0.39, 0.29) is 22.1 Å². The van der Waals surface area contributed by atoms with Crippen LogP contribution in [0.1, 0.15) is 50.6 Å². The summed E-state index contributed by atoms with van der Waals surface area (Å²) in [5, 5.41) is 3.22. The summed E-state index contributed by atoms with van der Waals surface area (Å²) in [5.74, 6) is -1.07. The first-order chi connectivity index (χ1) is 14.5. The molecule has 0 aromatic carbocycles. The highest BCUT2D eigenvalue weighted by molar-refractivity contribution is 7.20. The monoisotopic (exact) mass is 461 g/mol. The Kier molecular flexibility index (Phi) is 6.42. The number of thiophene rings is 2. The number of hydrogen-bond donors (Lipinski definition) is 1. The van der Waals surface area contributed by atoms with Crippen molar-refractivity contribution in [3.63, 3.8) is 0 Å². The summed E-state index contributed by atoms with van der Waals surface area (Å²) < 4.78 is 6.55. The first-order valence-electron chi connectivity index (χ1n) is 9.51. The quantitative estimate of drug-likeness (QED) is 0.447. The van der Waals surface area contributed by atoms with Crippen LogP contribution < -0.4 is 10.9 Å². The summed E-state index contributed by atoms with van der Waals surface area (Å²) in [4.78, 5) is 55.3. The molecule has 0 atom stereocenters. The van der Waals surface area contributed by atoms with Gasteiger partial charge in [0.05, 0.1) is 23.1 Å². The third kappa shape index (κ3) is 4.91. The summed E-state index contributed by atoms with van der Waals surface area (Å²) in [6, 6.07) is 3.41. The maximum absolute atomic E-state index is 12.5. The van der Waals surface area contributed by atoms with Gasteiger partial charge in [-0.05, 0) is 24.6 Å². The predicted octanol–water partition coefficient (Wildman–Crippen LogP) is 3.07. The number of ether oxygens (including phenoxy) is 1. The van der Waals surface area contributed by atoms with Gasteiger partial charge in [-0.1, -0.05) is 20.8 Å². The first kappa shape index (κ1) is 22.8. The van der Waals surface area contributed by atoms with E-state index < -0.39 is 18.0 Å². The molecule has 0 unspecified atom stereocenters. The molecule has 8 nitrogen and oxygen atoms in total. The van der Waals surface area contributed by atoms with Crippen molar-refractivity contribution in [2.75, 3.05) is 6.61 Å². The van der Waals surface area contributed by atoms with Gasteiger partial charge in [-0.25, -0.2) is 9.78 Å². The minimum Gasteiger partial charge on any atom is -0.453 e. The number of ketones is 1. The highest BCUT2D eigenvalue weighted by Crippen LogP contribution is 2.27. The molecule has 3 heterocycles. The van der Waals surface area contributed by atoms with Crippen LogP contribution in [0.5, 0.6) is 0 Å². The number of nitrogens with zero attached hydrogens (tertiary/aromatic N) is 2. The van der Waals surface area contributed by atoms with Crippen LogP contribution in [-0.2, 0) is 23.1 Å². The second kappa shape index (κ2) is 8.72. The van der Waals surface area contributed by atoms with Crippen molar-refractivity contribution in [3.05, 3.63) is 49.0 Å². The highest BCUT2D eigenvalue weighted by atomic mass is 32.1. The Hall–Kier alpha value is -2.85. The van der Waals surface area contributed by atoms with Crippen LogP contribution >= 0.6 is 22.7 Å². The number of esters is 1. The summed E-state index contributed by atoms with van der Waals surface area (Å²) in [6.07, 6.45) is 1.40. The van der Waals surface area contributed by atoms with Crippen molar-refractivity contribution in [1.29, 1.82) is 0 Å². The van der Waals surface area contributed by atoms with Gasteiger partial charge in [-0.15, -0.1) is 22.7 Å². The molecule has 0 saturated heterocycles. The molecule has 3 aromatic heterocycles. The number of hydrogen-bond acceptors (Lipinski definition) is 8. The van der Waals surface area contributed by atoms with Gasteiger partial charge in [0, 0.05) is 17.3 Å². The third-order valence-electron chi connectivity index (χ3n) is 4.57. The van der Waals surface area contributed by atoms with Crippen molar-refractivity contribution in [3.8, 4) is 0 Å². The molecule has 0 spiro atoms. The lowest BCUT2D eigenvalue weighted by atomic mass is 9.96. The number of carbonyl (C=O) groups excluding carboxylic acids is 3. The third-order valence-corrected chi connectivity index (χ3v) is 6.88. The fourth-order valence-corrected chi connectivity index (χ4v) is 4.63. The average Bonchev–Trinajstić information content (AvgIpc) is 3.31. The number of Topliss-reactive ketones (excluding diaryl/α,β-unsaturated/α-hetero) is 1. The number of amides is 1. The molecule has 10 heteroatoms. The molecule has 0 aliphatic heterocycles. The molecule has 0 fully saturated rings. The van der Waals surface area contributed by atoms with Gasteiger partial charge in [0.1, 0.15) is 9.71 Å². The largest absolute Gasteiger partial charge is 0.453 e. The number of aromatic nitrogens is 2. The van der Waals surface area contributed by atoms with Crippen LogP contribution in [0.3, 0.4) is 0 Å². The lowest BCUT2D eigenvalue weighted by molar-refractivity contribution is -0.128. The Morgan fingerprint density at radius 2 is 1.90 bits per heavy atom. The second-order valence-electron chi connectivity index (χ2n) is 8.09. The molecule has 31 heavy (non-hydrogen) atoms. The van der Waals surface area contributed by atoms with Gasteiger partial charge in [0.2, 0.25) is 11.7 Å². The van der Waals surface area contributed by atoms with E-state index in [4.69, 9.17) is 4.74 Å². The van der Waals surface area contributed by atoms with E-state index in [0.29, 0.717) is 27.2 Å². The van der Waals surface area contributed by atoms with Gasteiger partial charge in [-0.2, -0.15) is 0 Å². The molecule has 3 aromatic rings. The van der Waals surface area contributed by atoms with Crippen molar-refractivity contribution < 1.29 is 19.1 Å². The SMILES string of the molecule is Cc1c(C(=O)OCC(=O)c2ccc(CNC(=O)C(C)(C)C)s2)sc2ncn(C)c(=O)c12. The Morgan fingerprint density at radius 1 is 1.19 bits per heavy atom. The van der Waals surface area contributed by atoms with Gasteiger partial charge >= 0.3 is 5.97 Å². The zero-order valence-electron chi connectivity index (χ0n) is 17.9. The van der Waals surface area contributed by atoms with Crippen LogP contribution in [0.4, 0.5) is 0 Å². The summed E-state index contributed by atoms with van der Waals surface area (Å²) >= 11 is 2.31. The summed E-state index contributed by atoms with van der Waals surface area (Å²) in [6.45, 7) is 7.06. The van der Waals surface area contributed by atoms with Crippen molar-refractivity contribution in [1.82, 2.24) is 14.9 Å². The van der Waals surface area contributed by atoms with Crippen molar-refractivity contribution in [2.45, 2.75) is 34.2 Å². The van der Waals surface area contributed by atoms with E-state index in [1.807, 2.05) is 20.8 Å². The Balaban J connectivity index is 1.63. The molecule has 1 amide bonds. The van der Waals surface area contributed by atoms with Gasteiger partial charge in [0.25, 0.3) is 5.56 Å². The van der Waals surface area contributed by atoms with Crippen LogP contribution in [0.15, 0.2) is 23.3 Å². The number of nitrogens with one attached hydrogen (secondary N) is 1. The van der Waals surface area contributed by atoms with E-state index in [9.17, 15) is 19.2 Å². The maximum Gasteiger partial charge on any atom is 0.349 e. The smallest absolute Gasteiger partial charge is 0.349 e. The minimum atomic E-state index is -0.662. The molecular formula is C21H23N3O5S2. The summed E-state index contributed by atoms with van der Waals surface area (Å²) in [7, 11) is 1.59. The van der Waals surface area contributed by atoms with Crippen LogP contribution in [0.2, 0.25) is 0 Å². The molecule has 0 aliphatic carbocycles. The number of rotatable bonds is 6. The number of fused-ring (bicyclic) bond motifs is 1. The van der Waals surface area contributed by atoms with Crippen LogP contribution in [0, 0.1) is 12.3 Å². The highest BCUT2D eigenvalue weighted by Gasteiger charge is 2.23. The van der Waals surface area contributed by atoms with Gasteiger partial charge in [-0.3, -0.25) is 14.4 Å². The first-order valence-corrected chi connectivity index (χ1v) is 11.1. The number of aryl methyl sites for hydroxylation is 2. The van der Waals surface area contributed by atoms with Crippen LogP contribution in [-0.4, -0.2) is 33.8 Å². The topological polar surface area (TPSA) is 107 Å². The molecule has 164 valence electrons. The Morgan fingerprint density at radius 3 is 2.58 bits per heavy atom. The van der Waals surface area contributed by atoms with E-state index in [1.54, 1.807) is 26.1 Å². The fraction of sp³-hybridized carbons (Fsp3) is 0.381. The molecule has 0 bridgehead atoms. The molecule has 3 rings (SSSR count). The predicted molar refractivity (Wildman–Crippen MR) is 120 cm³/mol. The standard InChI is InChI=1S/C21H23N3O5S2/c1-11-15-17(23-10-24(5)18(15)26)31-16(11)19(27)29-9-13(25)14-7-6-12(30-14)8-22-20(28)21(2,3)4/h6-7,10H,8-9H2,1-5H3,(H,22,28). The molecular weight excluding hydrogens is 438 g/mol. The zero-order valence-corrected chi connectivity index (χ0v) is 19.5. The average molecular weight is 462 g/mol. The van der Waals surface area contributed by atoms with Crippen molar-refractivity contribution in [2.24, 2.45) is 12.5 Å². The minimum absolute atomic E-state index is 0.0780. The summed E-state index contributed by atoms with van der Waals surface area (Å²) in [5.41, 5.74) is -0.230. The van der Waals surface area contributed by atoms with Crippen molar-refractivity contribution >= 4 is 50.5 Å². The fourth-order valence-electron chi connectivity index (χ4n) is 2.73. The zero-order chi connectivity index (χ0) is 22.9. The van der Waals surface area contributed by atoms with E-state index in [2.05, 4.69) is 10.3 Å². The van der Waals surface area contributed by atoms with Crippen LogP contribution in [0.25, 0.3) is 10.2 Å². The van der Waals surface area contributed by atoms with E-state index in [0.717, 1.165) is 16.2 Å². The molecule has 0 radical (unpaired) electrons. The molecule has 1 N–H and O–H groups in total. The van der Waals surface area contributed by atoms with E-state index >= 15 is 0 Å². The lowest BCUT2D eigenvalue weighted by Gasteiger charge is -2.17.